The average Bonchev–Trinajstić information content (AvgIpc) is 2.83. The Bertz CT molecular complexity index is 565. The molecule has 0 aliphatic rings. The molecular weight excluding hydrogens is 267 g/mol. The van der Waals surface area contributed by atoms with Crippen molar-refractivity contribution in [2.45, 2.75) is 65.0 Å². The lowest BCUT2D eigenvalue weighted by molar-refractivity contribution is 0.265. The molecule has 0 fully saturated rings. The number of aryl methyl sites for hydroxylation is 1. The average molecular weight is 292 g/mol. The lowest BCUT2D eigenvalue weighted by Crippen LogP contribution is -2.04. The number of hydrogen-bond acceptors (Lipinski definition) is 2. The first-order valence-electron chi connectivity index (χ1n) is 8.01. The van der Waals surface area contributed by atoms with E-state index in [0.29, 0.717) is 11.3 Å². The van der Waals surface area contributed by atoms with Gasteiger partial charge in [-0.3, -0.25) is 0 Å². The van der Waals surface area contributed by atoms with Crippen molar-refractivity contribution in [1.29, 1.82) is 0 Å². The SMILES string of the molecule is CCCCCCCCCn1c(CO)nc2cc(F)ccc21. The molecule has 3 nitrogen and oxygen atoms in total. The van der Waals surface area contributed by atoms with Gasteiger partial charge in [-0.25, -0.2) is 9.37 Å². The third-order valence-electron chi connectivity index (χ3n) is 3.92. The van der Waals surface area contributed by atoms with E-state index in [0.717, 1.165) is 18.5 Å². The fourth-order valence-corrected chi connectivity index (χ4v) is 2.75. The summed E-state index contributed by atoms with van der Waals surface area (Å²) in [6.07, 6.45) is 8.75. The van der Waals surface area contributed by atoms with Crippen molar-refractivity contribution >= 4 is 11.0 Å². The minimum atomic E-state index is -0.285. The lowest BCUT2D eigenvalue weighted by Gasteiger charge is -2.07. The number of aromatic nitrogens is 2. The van der Waals surface area contributed by atoms with Crippen LogP contribution in [0.4, 0.5) is 4.39 Å². The fourth-order valence-electron chi connectivity index (χ4n) is 2.75. The number of fused-ring (bicyclic) bond motifs is 1. The number of imidazole rings is 1. The van der Waals surface area contributed by atoms with E-state index in [4.69, 9.17) is 0 Å². The third-order valence-corrected chi connectivity index (χ3v) is 3.92. The largest absolute Gasteiger partial charge is 0.388 e. The van der Waals surface area contributed by atoms with Crippen LogP contribution in [0.5, 0.6) is 0 Å². The highest BCUT2D eigenvalue weighted by Crippen LogP contribution is 2.19. The van der Waals surface area contributed by atoms with Crippen molar-refractivity contribution in [1.82, 2.24) is 9.55 Å². The molecule has 0 saturated carbocycles. The number of halogens is 1. The number of rotatable bonds is 9. The molecule has 0 saturated heterocycles. The molecule has 1 heterocycles. The second kappa shape index (κ2) is 8.13. The highest BCUT2D eigenvalue weighted by Gasteiger charge is 2.10. The first-order valence-corrected chi connectivity index (χ1v) is 8.01. The van der Waals surface area contributed by atoms with Crippen molar-refractivity contribution < 1.29 is 9.50 Å². The van der Waals surface area contributed by atoms with E-state index in [1.807, 2.05) is 4.57 Å². The molecule has 2 rings (SSSR count). The third kappa shape index (κ3) is 4.27. The van der Waals surface area contributed by atoms with Gasteiger partial charge < -0.3 is 9.67 Å². The van der Waals surface area contributed by atoms with Crippen LogP contribution in [0.1, 0.15) is 57.7 Å². The first-order chi connectivity index (χ1) is 10.3. The van der Waals surface area contributed by atoms with Crippen molar-refractivity contribution in [3.8, 4) is 0 Å². The Balaban J connectivity index is 1.91. The summed E-state index contributed by atoms with van der Waals surface area (Å²) in [6.45, 7) is 2.96. The second-order valence-electron chi connectivity index (χ2n) is 5.59. The second-order valence-corrected chi connectivity index (χ2v) is 5.59. The van der Waals surface area contributed by atoms with E-state index in [1.165, 1.54) is 50.7 Å². The fraction of sp³-hybridized carbons (Fsp3) is 0.588. The minimum Gasteiger partial charge on any atom is -0.388 e. The normalized spacial score (nSPS) is 11.4. The van der Waals surface area contributed by atoms with Gasteiger partial charge in [0, 0.05) is 12.6 Å². The van der Waals surface area contributed by atoms with E-state index in [9.17, 15) is 9.50 Å². The van der Waals surface area contributed by atoms with Crippen molar-refractivity contribution in [3.63, 3.8) is 0 Å². The van der Waals surface area contributed by atoms with E-state index in [1.54, 1.807) is 6.07 Å². The van der Waals surface area contributed by atoms with Crippen LogP contribution in [0.3, 0.4) is 0 Å². The summed E-state index contributed by atoms with van der Waals surface area (Å²) in [6, 6.07) is 4.63. The maximum absolute atomic E-state index is 13.2. The monoisotopic (exact) mass is 292 g/mol. The van der Waals surface area contributed by atoms with Gasteiger partial charge in [0.2, 0.25) is 0 Å². The predicted octanol–water partition coefficient (Wildman–Crippen LogP) is 4.42. The number of benzene rings is 1. The van der Waals surface area contributed by atoms with E-state index in [2.05, 4.69) is 11.9 Å². The molecule has 0 aliphatic carbocycles. The van der Waals surface area contributed by atoms with Crippen LogP contribution in [0.2, 0.25) is 0 Å². The van der Waals surface area contributed by atoms with Crippen molar-refractivity contribution in [2.75, 3.05) is 0 Å². The molecule has 4 heteroatoms. The maximum atomic E-state index is 13.2. The number of hydrogen-bond donors (Lipinski definition) is 1. The maximum Gasteiger partial charge on any atom is 0.135 e. The summed E-state index contributed by atoms with van der Waals surface area (Å²) >= 11 is 0. The summed E-state index contributed by atoms with van der Waals surface area (Å²) in [5, 5.41) is 9.41. The molecule has 1 aromatic carbocycles. The highest BCUT2D eigenvalue weighted by molar-refractivity contribution is 5.76. The first kappa shape index (κ1) is 16.0. The summed E-state index contributed by atoms with van der Waals surface area (Å²) in [5.74, 6) is 0.342. The topological polar surface area (TPSA) is 38.0 Å². The number of unbranched alkanes of at least 4 members (excludes halogenated alkanes) is 6. The quantitative estimate of drug-likeness (QED) is 0.695. The molecule has 1 aromatic heterocycles. The number of aliphatic hydroxyl groups excluding tert-OH is 1. The Labute approximate surface area is 125 Å². The van der Waals surface area contributed by atoms with Crippen LogP contribution in [-0.4, -0.2) is 14.7 Å². The zero-order chi connectivity index (χ0) is 15.1. The molecule has 2 aromatic rings. The van der Waals surface area contributed by atoms with E-state index in [-0.39, 0.29) is 12.4 Å². The standard InChI is InChI=1S/C17H25FN2O/c1-2-3-4-5-6-7-8-11-20-16-10-9-14(18)12-15(16)19-17(20)13-21/h9-10,12,21H,2-8,11,13H2,1H3. The molecule has 0 amide bonds. The van der Waals surface area contributed by atoms with Gasteiger partial charge in [-0.15, -0.1) is 0 Å². The van der Waals surface area contributed by atoms with Crippen molar-refractivity contribution in [2.24, 2.45) is 0 Å². The number of aliphatic hydroxyl groups is 1. The van der Waals surface area contributed by atoms with Crippen LogP contribution >= 0.6 is 0 Å². The Morgan fingerprint density at radius 3 is 2.52 bits per heavy atom. The van der Waals surface area contributed by atoms with Gasteiger partial charge in [-0.05, 0) is 18.6 Å². The molecule has 0 bridgehead atoms. The van der Waals surface area contributed by atoms with Crippen LogP contribution < -0.4 is 0 Å². The Morgan fingerprint density at radius 2 is 1.81 bits per heavy atom. The van der Waals surface area contributed by atoms with Crippen LogP contribution in [-0.2, 0) is 13.2 Å². The molecule has 0 unspecified atom stereocenters. The smallest absolute Gasteiger partial charge is 0.135 e. The zero-order valence-electron chi connectivity index (χ0n) is 12.8. The van der Waals surface area contributed by atoms with Gasteiger partial charge in [-0.1, -0.05) is 45.4 Å². The van der Waals surface area contributed by atoms with Gasteiger partial charge in [-0.2, -0.15) is 0 Å². The summed E-state index contributed by atoms with van der Waals surface area (Å²) in [7, 11) is 0. The number of nitrogens with zero attached hydrogens (tertiary/aromatic N) is 2. The van der Waals surface area contributed by atoms with Gasteiger partial charge in [0.15, 0.2) is 0 Å². The van der Waals surface area contributed by atoms with Crippen LogP contribution in [0, 0.1) is 5.82 Å². The molecule has 116 valence electrons. The molecule has 1 N–H and O–H groups in total. The Hall–Kier alpha value is -1.42. The Morgan fingerprint density at radius 1 is 1.10 bits per heavy atom. The zero-order valence-corrected chi connectivity index (χ0v) is 12.8. The van der Waals surface area contributed by atoms with Crippen LogP contribution in [0.25, 0.3) is 11.0 Å². The van der Waals surface area contributed by atoms with E-state index < -0.39 is 0 Å². The van der Waals surface area contributed by atoms with Gasteiger partial charge in [0.1, 0.15) is 18.2 Å². The molecular formula is C17H25FN2O. The van der Waals surface area contributed by atoms with Crippen molar-refractivity contribution in [3.05, 3.63) is 29.8 Å². The molecule has 0 atom stereocenters. The lowest BCUT2D eigenvalue weighted by atomic mass is 10.1. The predicted molar refractivity (Wildman–Crippen MR) is 83.6 cm³/mol. The Kier molecular flexibility index (Phi) is 6.18. The van der Waals surface area contributed by atoms with Gasteiger partial charge in [0.25, 0.3) is 0 Å². The molecule has 0 radical (unpaired) electrons. The van der Waals surface area contributed by atoms with Gasteiger partial charge in [0.05, 0.1) is 11.0 Å². The minimum absolute atomic E-state index is 0.104. The molecule has 21 heavy (non-hydrogen) atoms. The highest BCUT2D eigenvalue weighted by atomic mass is 19.1. The van der Waals surface area contributed by atoms with E-state index >= 15 is 0 Å². The summed E-state index contributed by atoms with van der Waals surface area (Å²) in [4.78, 5) is 4.30. The van der Waals surface area contributed by atoms with Crippen LogP contribution in [0.15, 0.2) is 18.2 Å². The summed E-state index contributed by atoms with van der Waals surface area (Å²) in [5.41, 5.74) is 1.54. The summed E-state index contributed by atoms with van der Waals surface area (Å²) < 4.78 is 15.2. The van der Waals surface area contributed by atoms with Gasteiger partial charge >= 0.3 is 0 Å². The molecule has 0 aliphatic heterocycles. The molecule has 0 spiro atoms.